The largest absolute Gasteiger partial charge is 0.366 e. The van der Waals surface area contributed by atoms with E-state index in [2.05, 4.69) is 42.0 Å². The van der Waals surface area contributed by atoms with Gasteiger partial charge in [-0.2, -0.15) is 5.10 Å². The van der Waals surface area contributed by atoms with Gasteiger partial charge < -0.3 is 14.8 Å². The van der Waals surface area contributed by atoms with Gasteiger partial charge in [-0.15, -0.1) is 0 Å². The Morgan fingerprint density at radius 2 is 1.87 bits per heavy atom. The molecule has 0 bridgehead atoms. The standard InChI is InChI=1S/C21H21FN8/c1-29-4-6-30(7-5-29)18-13-24-12-17-20(18)27-21(26-17)19-15(10-25-28-19)3-2-14-8-16(22)11-23-9-14/h2-3,8-13H,4-7H2,1H3,(H,25,28)(H,26,27). The first kappa shape index (κ1) is 18.4. The van der Waals surface area contributed by atoms with Crippen LogP contribution in [0.1, 0.15) is 11.1 Å². The third-order valence-corrected chi connectivity index (χ3v) is 5.29. The normalized spacial score (nSPS) is 15.5. The molecule has 0 atom stereocenters. The maximum atomic E-state index is 13.4. The Bertz CT molecular complexity index is 1200. The molecule has 0 radical (unpaired) electrons. The molecular formula is C21H21FN8. The molecule has 5 rings (SSSR count). The lowest BCUT2D eigenvalue weighted by Gasteiger charge is -2.33. The van der Waals surface area contributed by atoms with Crippen LogP contribution in [0.2, 0.25) is 0 Å². The van der Waals surface area contributed by atoms with Crippen LogP contribution in [0.15, 0.2) is 37.1 Å². The van der Waals surface area contributed by atoms with Crippen molar-refractivity contribution in [2.24, 2.45) is 0 Å². The second-order valence-corrected chi connectivity index (χ2v) is 7.39. The molecule has 0 saturated carbocycles. The second-order valence-electron chi connectivity index (χ2n) is 7.39. The van der Waals surface area contributed by atoms with Gasteiger partial charge in [0.15, 0.2) is 5.82 Å². The van der Waals surface area contributed by atoms with Crippen LogP contribution in [0, 0.1) is 5.82 Å². The molecule has 30 heavy (non-hydrogen) atoms. The Balaban J connectivity index is 1.48. The molecule has 2 N–H and O–H groups in total. The zero-order valence-electron chi connectivity index (χ0n) is 16.5. The summed E-state index contributed by atoms with van der Waals surface area (Å²) in [6.07, 6.45) is 11.9. The van der Waals surface area contributed by atoms with Crippen LogP contribution in [-0.2, 0) is 0 Å². The first-order chi connectivity index (χ1) is 14.7. The number of hydrogen-bond donors (Lipinski definition) is 2. The van der Waals surface area contributed by atoms with Gasteiger partial charge >= 0.3 is 0 Å². The van der Waals surface area contributed by atoms with Gasteiger partial charge in [0, 0.05) is 44.1 Å². The minimum Gasteiger partial charge on any atom is -0.366 e. The number of aromatic amines is 2. The molecule has 0 spiro atoms. The maximum absolute atomic E-state index is 13.4. The number of imidazole rings is 1. The first-order valence-corrected chi connectivity index (χ1v) is 9.77. The number of rotatable bonds is 4. The molecule has 0 aromatic carbocycles. The number of halogens is 1. The number of anilines is 1. The minimum absolute atomic E-state index is 0.370. The van der Waals surface area contributed by atoms with Gasteiger partial charge in [-0.1, -0.05) is 12.2 Å². The summed E-state index contributed by atoms with van der Waals surface area (Å²) in [4.78, 5) is 21.1. The van der Waals surface area contributed by atoms with Crippen molar-refractivity contribution in [2.45, 2.75) is 0 Å². The van der Waals surface area contributed by atoms with E-state index in [0.29, 0.717) is 17.1 Å². The van der Waals surface area contributed by atoms with Crippen molar-refractivity contribution in [3.05, 3.63) is 54.0 Å². The van der Waals surface area contributed by atoms with Gasteiger partial charge in [0.1, 0.15) is 17.0 Å². The molecule has 1 fully saturated rings. The quantitative estimate of drug-likeness (QED) is 0.544. The molecule has 4 aromatic heterocycles. The SMILES string of the molecule is CN1CCN(c2cncc3[nH]c(-c4n[nH]cc4C=Cc4cncc(F)c4)nc23)CC1. The summed E-state index contributed by atoms with van der Waals surface area (Å²) in [6.45, 7) is 3.91. The van der Waals surface area contributed by atoms with Crippen molar-refractivity contribution in [3.8, 4) is 11.5 Å². The minimum atomic E-state index is -0.370. The van der Waals surface area contributed by atoms with Gasteiger partial charge in [-0.25, -0.2) is 9.37 Å². The van der Waals surface area contributed by atoms with Gasteiger partial charge in [0.2, 0.25) is 0 Å². The van der Waals surface area contributed by atoms with Crippen molar-refractivity contribution in [1.82, 2.24) is 35.0 Å². The molecular weight excluding hydrogens is 383 g/mol. The number of hydrogen-bond acceptors (Lipinski definition) is 6. The maximum Gasteiger partial charge on any atom is 0.159 e. The predicted octanol–water partition coefficient (Wildman–Crippen LogP) is 2.80. The summed E-state index contributed by atoms with van der Waals surface area (Å²) in [5.74, 6) is 0.289. The fourth-order valence-electron chi connectivity index (χ4n) is 3.63. The molecule has 0 aliphatic carbocycles. The van der Waals surface area contributed by atoms with E-state index in [4.69, 9.17) is 4.98 Å². The Morgan fingerprint density at radius 3 is 2.70 bits per heavy atom. The summed E-state index contributed by atoms with van der Waals surface area (Å²) in [5, 5.41) is 7.25. The summed E-state index contributed by atoms with van der Waals surface area (Å²) >= 11 is 0. The first-order valence-electron chi connectivity index (χ1n) is 9.77. The van der Waals surface area contributed by atoms with Crippen molar-refractivity contribution in [1.29, 1.82) is 0 Å². The lowest BCUT2D eigenvalue weighted by Crippen LogP contribution is -2.44. The van der Waals surface area contributed by atoms with E-state index in [0.717, 1.165) is 48.5 Å². The van der Waals surface area contributed by atoms with Crippen molar-refractivity contribution in [3.63, 3.8) is 0 Å². The third kappa shape index (κ3) is 3.55. The van der Waals surface area contributed by atoms with E-state index in [1.165, 1.54) is 12.3 Å². The number of H-pyrrole nitrogens is 2. The number of nitrogens with one attached hydrogen (secondary N) is 2. The smallest absolute Gasteiger partial charge is 0.159 e. The number of aromatic nitrogens is 6. The highest BCUT2D eigenvalue weighted by atomic mass is 19.1. The molecule has 0 unspecified atom stereocenters. The summed E-state index contributed by atoms with van der Waals surface area (Å²) in [7, 11) is 2.13. The molecule has 5 heterocycles. The number of fused-ring (bicyclic) bond motifs is 1. The lowest BCUT2D eigenvalue weighted by atomic mass is 10.2. The highest BCUT2D eigenvalue weighted by Crippen LogP contribution is 2.29. The lowest BCUT2D eigenvalue weighted by molar-refractivity contribution is 0.313. The van der Waals surface area contributed by atoms with E-state index in [-0.39, 0.29) is 5.82 Å². The van der Waals surface area contributed by atoms with E-state index in [9.17, 15) is 4.39 Å². The van der Waals surface area contributed by atoms with E-state index >= 15 is 0 Å². The Kier molecular flexibility index (Phi) is 4.72. The molecule has 4 aromatic rings. The Hall–Kier alpha value is -3.59. The Morgan fingerprint density at radius 1 is 1.03 bits per heavy atom. The van der Waals surface area contributed by atoms with Crippen LogP contribution < -0.4 is 4.90 Å². The molecule has 1 aliphatic heterocycles. The number of likely N-dealkylation sites (N-methyl/N-ethyl adjacent to an activating group) is 1. The van der Waals surface area contributed by atoms with Crippen molar-refractivity contribution >= 4 is 28.9 Å². The summed E-state index contributed by atoms with van der Waals surface area (Å²) in [5.41, 5.74) is 4.99. The van der Waals surface area contributed by atoms with Crippen LogP contribution in [0.5, 0.6) is 0 Å². The topological polar surface area (TPSA) is 89.6 Å². The zero-order valence-corrected chi connectivity index (χ0v) is 16.5. The third-order valence-electron chi connectivity index (χ3n) is 5.29. The monoisotopic (exact) mass is 404 g/mol. The van der Waals surface area contributed by atoms with Gasteiger partial charge in [-0.05, 0) is 18.7 Å². The van der Waals surface area contributed by atoms with Crippen LogP contribution >= 0.6 is 0 Å². The van der Waals surface area contributed by atoms with E-state index in [1.54, 1.807) is 24.7 Å². The van der Waals surface area contributed by atoms with Gasteiger partial charge in [0.05, 0.1) is 29.8 Å². The zero-order chi connectivity index (χ0) is 20.5. The van der Waals surface area contributed by atoms with Gasteiger partial charge in [0.25, 0.3) is 0 Å². The summed E-state index contributed by atoms with van der Waals surface area (Å²) < 4.78 is 13.4. The van der Waals surface area contributed by atoms with Crippen LogP contribution in [0.3, 0.4) is 0 Å². The Labute approximate surface area is 172 Å². The fourth-order valence-corrected chi connectivity index (χ4v) is 3.63. The highest BCUT2D eigenvalue weighted by molar-refractivity contribution is 5.90. The second kappa shape index (κ2) is 7.68. The van der Waals surface area contributed by atoms with Crippen molar-refractivity contribution < 1.29 is 4.39 Å². The van der Waals surface area contributed by atoms with E-state index < -0.39 is 0 Å². The number of pyridine rings is 2. The van der Waals surface area contributed by atoms with Crippen molar-refractivity contribution in [2.75, 3.05) is 38.1 Å². The van der Waals surface area contributed by atoms with Crippen LogP contribution in [0.4, 0.5) is 10.1 Å². The molecule has 0 amide bonds. The highest BCUT2D eigenvalue weighted by Gasteiger charge is 2.20. The molecule has 1 saturated heterocycles. The van der Waals surface area contributed by atoms with Crippen LogP contribution in [0.25, 0.3) is 34.7 Å². The average molecular weight is 404 g/mol. The average Bonchev–Trinajstić information content (AvgIpc) is 3.39. The van der Waals surface area contributed by atoms with E-state index in [1.807, 2.05) is 12.3 Å². The van der Waals surface area contributed by atoms with Crippen LogP contribution in [-0.4, -0.2) is 68.3 Å². The predicted molar refractivity (Wildman–Crippen MR) is 114 cm³/mol. The fraction of sp³-hybridized carbons (Fsp3) is 0.238. The summed E-state index contributed by atoms with van der Waals surface area (Å²) in [6, 6.07) is 1.43. The van der Waals surface area contributed by atoms with Gasteiger partial charge in [-0.3, -0.25) is 15.1 Å². The number of nitrogens with zero attached hydrogens (tertiary/aromatic N) is 6. The molecule has 9 heteroatoms. The molecule has 1 aliphatic rings. The number of piperazine rings is 1. The molecule has 152 valence electrons. The molecule has 8 nitrogen and oxygen atoms in total.